The Labute approximate surface area is 79.0 Å². The van der Waals surface area contributed by atoms with Crippen LogP contribution in [0, 0.1) is 0 Å². The van der Waals surface area contributed by atoms with Crippen molar-refractivity contribution in [3.05, 3.63) is 24.6 Å². The molecule has 13 heavy (non-hydrogen) atoms. The highest BCUT2D eigenvalue weighted by atomic mass is 16.5. The van der Waals surface area contributed by atoms with Gasteiger partial charge in [0.15, 0.2) is 0 Å². The van der Waals surface area contributed by atoms with Gasteiger partial charge in [-0.1, -0.05) is 13.2 Å². The Kier molecular flexibility index (Phi) is 5.33. The molecule has 0 aromatic rings. The molecule has 0 heterocycles. The summed E-state index contributed by atoms with van der Waals surface area (Å²) in [6, 6.07) is 0. The van der Waals surface area contributed by atoms with Crippen LogP contribution in [0.3, 0.4) is 0 Å². The zero-order valence-electron chi connectivity index (χ0n) is 8.21. The maximum Gasteiger partial charge on any atom is 0.108 e. The average molecular weight is 186 g/mol. The quantitative estimate of drug-likeness (QED) is 0.292. The van der Waals surface area contributed by atoms with Gasteiger partial charge in [-0.3, -0.25) is 5.84 Å². The smallest absolute Gasteiger partial charge is 0.108 e. The summed E-state index contributed by atoms with van der Waals surface area (Å²) in [5, 5.41) is 0. The van der Waals surface area contributed by atoms with Crippen molar-refractivity contribution in [1.29, 1.82) is 0 Å². The number of nitrogens with one attached hydrogen (secondary N) is 1. The van der Waals surface area contributed by atoms with E-state index in [4.69, 9.17) is 16.3 Å². The number of nitrogens with zero attached hydrogens (tertiary/aromatic N) is 1. The highest BCUT2D eigenvalue weighted by Crippen LogP contribution is 2.07. The van der Waals surface area contributed by atoms with Crippen LogP contribution in [0.25, 0.3) is 0 Å². The summed E-state index contributed by atoms with van der Waals surface area (Å²) >= 11 is 0. The van der Waals surface area contributed by atoms with Crippen LogP contribution in [0.1, 0.15) is 0 Å². The van der Waals surface area contributed by atoms with Crippen LogP contribution in [0.2, 0.25) is 0 Å². The van der Waals surface area contributed by atoms with E-state index >= 15 is 0 Å². The molecule has 1 unspecified atom stereocenters. The Morgan fingerprint density at radius 3 is 2.54 bits per heavy atom. The van der Waals surface area contributed by atoms with Crippen molar-refractivity contribution in [3.63, 3.8) is 0 Å². The van der Waals surface area contributed by atoms with Gasteiger partial charge in [0.25, 0.3) is 0 Å². The van der Waals surface area contributed by atoms with E-state index in [2.05, 4.69) is 18.6 Å². The standard InChI is InChI=1S/C8H18N4O/c1-6(5-13-4)12(3)7(2)8(9)11-10/h8,11H,1-2,5,9-10H2,3-4H3. The van der Waals surface area contributed by atoms with Crippen LogP contribution in [0.15, 0.2) is 24.6 Å². The topological polar surface area (TPSA) is 76.5 Å². The first-order chi connectivity index (χ1) is 6.04. The summed E-state index contributed by atoms with van der Waals surface area (Å²) < 4.78 is 4.91. The minimum absolute atomic E-state index is 0.437. The number of methoxy groups -OCH3 is 1. The summed E-state index contributed by atoms with van der Waals surface area (Å²) in [5.41, 5.74) is 9.41. The van der Waals surface area contributed by atoms with E-state index in [9.17, 15) is 0 Å². The number of likely N-dealkylation sites (N-methyl/N-ethyl adjacent to an activating group) is 1. The van der Waals surface area contributed by atoms with Crippen molar-refractivity contribution in [1.82, 2.24) is 10.3 Å². The fraction of sp³-hybridized carbons (Fsp3) is 0.500. The third-order valence-electron chi connectivity index (χ3n) is 1.75. The molecule has 5 nitrogen and oxygen atoms in total. The normalized spacial score (nSPS) is 12.3. The van der Waals surface area contributed by atoms with Gasteiger partial charge in [0, 0.05) is 25.6 Å². The lowest BCUT2D eigenvalue weighted by Gasteiger charge is -2.26. The Morgan fingerprint density at radius 2 is 2.15 bits per heavy atom. The van der Waals surface area contributed by atoms with Crippen molar-refractivity contribution in [3.8, 4) is 0 Å². The predicted molar refractivity (Wildman–Crippen MR) is 53.2 cm³/mol. The summed E-state index contributed by atoms with van der Waals surface area (Å²) in [7, 11) is 3.41. The van der Waals surface area contributed by atoms with E-state index in [1.54, 1.807) is 19.1 Å². The summed E-state index contributed by atoms with van der Waals surface area (Å²) in [6.45, 7) is 8.01. The molecule has 0 fully saturated rings. The van der Waals surface area contributed by atoms with Gasteiger partial charge in [0.2, 0.25) is 0 Å². The van der Waals surface area contributed by atoms with Crippen LogP contribution >= 0.6 is 0 Å². The van der Waals surface area contributed by atoms with Crippen molar-refractivity contribution < 1.29 is 4.74 Å². The number of nitrogens with two attached hydrogens (primary N) is 2. The van der Waals surface area contributed by atoms with Gasteiger partial charge >= 0.3 is 0 Å². The Balaban J connectivity index is 4.16. The highest BCUT2D eigenvalue weighted by molar-refractivity contribution is 5.10. The van der Waals surface area contributed by atoms with Crippen molar-refractivity contribution in [2.24, 2.45) is 11.6 Å². The number of rotatable bonds is 6. The molecule has 0 amide bonds. The Bertz CT molecular complexity index is 193. The fourth-order valence-corrected chi connectivity index (χ4v) is 0.771. The first-order valence-electron chi connectivity index (χ1n) is 3.85. The third kappa shape index (κ3) is 3.56. The second-order valence-electron chi connectivity index (χ2n) is 2.69. The summed E-state index contributed by atoms with van der Waals surface area (Å²) in [6.07, 6.45) is -0.474. The summed E-state index contributed by atoms with van der Waals surface area (Å²) in [4.78, 5) is 1.74. The van der Waals surface area contributed by atoms with Gasteiger partial charge in [0.1, 0.15) is 6.17 Å². The number of hydrogen-bond acceptors (Lipinski definition) is 5. The van der Waals surface area contributed by atoms with E-state index in [0.29, 0.717) is 12.3 Å². The number of hydrogen-bond donors (Lipinski definition) is 3. The van der Waals surface area contributed by atoms with Crippen molar-refractivity contribution in [2.75, 3.05) is 20.8 Å². The molecule has 0 spiro atoms. The van der Waals surface area contributed by atoms with Crippen molar-refractivity contribution >= 4 is 0 Å². The molecule has 0 aliphatic carbocycles. The molecular weight excluding hydrogens is 168 g/mol. The molecule has 76 valence electrons. The van der Waals surface area contributed by atoms with Crippen LogP contribution in [-0.2, 0) is 4.74 Å². The SMILES string of the molecule is C=C(COC)N(C)C(=C)C(N)NN. The molecule has 5 heteroatoms. The Morgan fingerprint density at radius 1 is 1.62 bits per heavy atom. The van der Waals surface area contributed by atoms with Crippen LogP contribution in [0.5, 0.6) is 0 Å². The zero-order chi connectivity index (χ0) is 10.4. The molecule has 0 radical (unpaired) electrons. The highest BCUT2D eigenvalue weighted by Gasteiger charge is 2.11. The first kappa shape index (κ1) is 12.1. The van der Waals surface area contributed by atoms with Crippen LogP contribution in [-0.4, -0.2) is 31.8 Å². The molecule has 0 saturated carbocycles. The maximum absolute atomic E-state index is 5.59. The number of hydrazine groups is 1. The molecule has 0 aliphatic heterocycles. The minimum Gasteiger partial charge on any atom is -0.379 e. The lowest BCUT2D eigenvalue weighted by Crippen LogP contribution is -2.47. The summed E-state index contributed by atoms with van der Waals surface area (Å²) in [5.74, 6) is 5.16. The second-order valence-corrected chi connectivity index (χ2v) is 2.69. The predicted octanol–water partition coefficient (Wildman–Crippen LogP) is -0.660. The molecule has 0 aromatic heterocycles. The first-order valence-corrected chi connectivity index (χ1v) is 3.85. The van der Waals surface area contributed by atoms with E-state index in [-0.39, 0.29) is 0 Å². The van der Waals surface area contributed by atoms with Gasteiger partial charge in [0.05, 0.1) is 6.61 Å². The van der Waals surface area contributed by atoms with Gasteiger partial charge in [-0.05, 0) is 0 Å². The minimum atomic E-state index is -0.474. The van der Waals surface area contributed by atoms with E-state index < -0.39 is 6.17 Å². The zero-order valence-corrected chi connectivity index (χ0v) is 8.21. The second kappa shape index (κ2) is 5.71. The molecule has 1 atom stereocenters. The lowest BCUT2D eigenvalue weighted by atomic mass is 10.3. The van der Waals surface area contributed by atoms with E-state index in [1.165, 1.54) is 0 Å². The monoisotopic (exact) mass is 186 g/mol. The van der Waals surface area contributed by atoms with Crippen molar-refractivity contribution in [2.45, 2.75) is 6.17 Å². The molecule has 0 saturated heterocycles. The average Bonchev–Trinajstić information content (AvgIpc) is 2.14. The largest absolute Gasteiger partial charge is 0.379 e. The third-order valence-corrected chi connectivity index (χ3v) is 1.75. The van der Waals surface area contributed by atoms with Gasteiger partial charge in [-0.25, -0.2) is 5.43 Å². The molecule has 0 aromatic carbocycles. The molecule has 0 rings (SSSR count). The van der Waals surface area contributed by atoms with Gasteiger partial charge in [-0.15, -0.1) is 0 Å². The Hall–Kier alpha value is -0.880. The van der Waals surface area contributed by atoms with E-state index in [1.807, 2.05) is 0 Å². The lowest BCUT2D eigenvalue weighted by molar-refractivity contribution is 0.203. The van der Waals surface area contributed by atoms with E-state index in [0.717, 1.165) is 5.70 Å². The van der Waals surface area contributed by atoms with Gasteiger partial charge < -0.3 is 15.4 Å². The molecule has 0 bridgehead atoms. The van der Waals surface area contributed by atoms with Crippen LogP contribution < -0.4 is 17.0 Å². The van der Waals surface area contributed by atoms with Crippen LogP contribution in [0.4, 0.5) is 0 Å². The number of ether oxygens (including phenoxy) is 1. The molecule has 0 aliphatic rings. The fourth-order valence-electron chi connectivity index (χ4n) is 0.771. The van der Waals surface area contributed by atoms with Gasteiger partial charge in [-0.2, -0.15) is 0 Å². The maximum atomic E-state index is 5.59. The molecule has 5 N–H and O–H groups in total. The molecular formula is C8H18N4O.